The van der Waals surface area contributed by atoms with Crippen LogP contribution in [0.15, 0.2) is 97.2 Å². The Bertz CT molecular complexity index is 1390. The molecule has 0 fully saturated rings. The van der Waals surface area contributed by atoms with Gasteiger partial charge in [-0.1, -0.05) is 214 Å². The number of hydrogen-bond acceptors (Lipinski definition) is 5. The van der Waals surface area contributed by atoms with E-state index in [4.69, 9.17) is 9.05 Å². The first-order chi connectivity index (χ1) is 32.0. The molecule has 8 nitrogen and oxygen atoms in total. The van der Waals surface area contributed by atoms with Crippen molar-refractivity contribution in [1.29, 1.82) is 0 Å². The monoisotopic (exact) mass is 942 g/mol. The first kappa shape index (κ1) is 63.4. The van der Waals surface area contributed by atoms with E-state index in [1.807, 2.05) is 27.2 Å². The lowest BCUT2D eigenvalue weighted by molar-refractivity contribution is -0.870. The topological polar surface area (TPSA) is 105 Å². The molecular formula is C57H102N2O6P+. The van der Waals surface area contributed by atoms with Gasteiger partial charge in [-0.2, -0.15) is 0 Å². The number of phosphoric acid groups is 1. The zero-order chi connectivity index (χ0) is 48.5. The van der Waals surface area contributed by atoms with Crippen molar-refractivity contribution in [1.82, 2.24) is 5.32 Å². The molecular weight excluding hydrogens is 840 g/mol. The largest absolute Gasteiger partial charge is 0.472 e. The number of likely N-dealkylation sites (N-methyl/N-ethyl adjacent to an activating group) is 1. The zero-order valence-electron chi connectivity index (χ0n) is 43.1. The number of nitrogens with one attached hydrogen (secondary N) is 1. The van der Waals surface area contributed by atoms with E-state index in [0.29, 0.717) is 17.4 Å². The Morgan fingerprint density at radius 2 is 0.924 bits per heavy atom. The summed E-state index contributed by atoms with van der Waals surface area (Å²) in [5.41, 5.74) is 0. The van der Waals surface area contributed by atoms with E-state index in [2.05, 4.69) is 104 Å². The summed E-state index contributed by atoms with van der Waals surface area (Å²) in [7, 11) is 1.51. The Morgan fingerprint density at radius 1 is 0.530 bits per heavy atom. The van der Waals surface area contributed by atoms with Crippen LogP contribution >= 0.6 is 7.82 Å². The standard InChI is InChI=1S/C57H101N2O6P/c1-6-8-10-12-14-16-18-20-22-24-26-28-29-31-32-34-36-38-40-42-44-46-48-50-56(60)55(54-65-66(62,63)64-53-52-59(3,4)5)58-57(61)51-49-47-45-43-41-39-37-35-33-30-27-25-23-21-19-17-15-13-11-9-7-2/h9,11,15,17,21,23,27,30,35,37,40-43,48,50,55-56,60H,6-8,10,12-14,16,18-20,22,24-26,28-29,31-34,36,38-39,44-47,49,51-54H2,1-5H3,(H-,58,61,62,63)/p+1/b11-9-,17-15-,23-21-,30-27-,37-35-,42-40+,43-41-,50-48+. The molecule has 0 bridgehead atoms. The molecule has 3 atom stereocenters. The van der Waals surface area contributed by atoms with E-state index in [1.165, 1.54) is 109 Å². The van der Waals surface area contributed by atoms with Crippen LogP contribution in [0.5, 0.6) is 0 Å². The average molecular weight is 942 g/mol. The number of unbranched alkanes of at least 4 members (excludes halogenated alkanes) is 20. The van der Waals surface area contributed by atoms with Gasteiger partial charge in [-0.25, -0.2) is 4.57 Å². The van der Waals surface area contributed by atoms with Crippen molar-refractivity contribution in [3.63, 3.8) is 0 Å². The van der Waals surface area contributed by atoms with Gasteiger partial charge in [0.05, 0.1) is 39.9 Å². The lowest BCUT2D eigenvalue weighted by Crippen LogP contribution is -2.45. The highest BCUT2D eigenvalue weighted by atomic mass is 31.2. The third-order valence-corrected chi connectivity index (χ3v) is 12.3. The van der Waals surface area contributed by atoms with Crippen molar-refractivity contribution in [2.24, 2.45) is 0 Å². The molecule has 0 aliphatic heterocycles. The van der Waals surface area contributed by atoms with Crippen molar-refractivity contribution >= 4 is 13.7 Å². The van der Waals surface area contributed by atoms with E-state index in [-0.39, 0.29) is 25.5 Å². The van der Waals surface area contributed by atoms with Crippen LogP contribution in [0.25, 0.3) is 0 Å². The zero-order valence-corrected chi connectivity index (χ0v) is 44.0. The minimum absolute atomic E-state index is 0.0422. The molecule has 3 unspecified atom stereocenters. The lowest BCUT2D eigenvalue weighted by atomic mass is 10.0. The molecule has 0 radical (unpaired) electrons. The number of nitrogens with zero attached hydrogens (tertiary/aromatic N) is 1. The van der Waals surface area contributed by atoms with Gasteiger partial charge < -0.3 is 19.8 Å². The quantitative estimate of drug-likeness (QED) is 0.0243. The van der Waals surface area contributed by atoms with Crippen LogP contribution in [0.1, 0.15) is 206 Å². The number of allylic oxidation sites excluding steroid dienone is 15. The Kier molecular flexibility index (Phi) is 45.6. The summed E-state index contributed by atoms with van der Waals surface area (Å²) in [6.45, 7) is 4.64. The van der Waals surface area contributed by atoms with E-state index in [9.17, 15) is 19.4 Å². The molecule has 380 valence electrons. The summed E-state index contributed by atoms with van der Waals surface area (Å²) in [6.07, 6.45) is 67.9. The Morgan fingerprint density at radius 3 is 1.39 bits per heavy atom. The highest BCUT2D eigenvalue weighted by Gasteiger charge is 2.27. The van der Waals surface area contributed by atoms with Gasteiger partial charge in [-0.15, -0.1) is 0 Å². The summed E-state index contributed by atoms with van der Waals surface area (Å²) in [5, 5.41) is 13.9. The van der Waals surface area contributed by atoms with Crippen molar-refractivity contribution < 1.29 is 32.9 Å². The molecule has 0 aliphatic rings. The molecule has 0 heterocycles. The number of hydrogen-bond donors (Lipinski definition) is 3. The summed E-state index contributed by atoms with van der Waals surface area (Å²) >= 11 is 0. The van der Waals surface area contributed by atoms with Crippen LogP contribution in [-0.2, 0) is 18.4 Å². The Balaban J connectivity index is 4.44. The van der Waals surface area contributed by atoms with E-state index >= 15 is 0 Å². The molecule has 3 N–H and O–H groups in total. The molecule has 0 spiro atoms. The number of quaternary nitrogens is 1. The van der Waals surface area contributed by atoms with Gasteiger partial charge in [-0.05, 0) is 83.5 Å². The summed E-state index contributed by atoms with van der Waals surface area (Å²) in [5.74, 6) is -0.232. The Labute approximate surface area is 407 Å². The number of carbonyl (C=O) groups excluding carboxylic acids is 1. The van der Waals surface area contributed by atoms with Gasteiger partial charge in [-0.3, -0.25) is 13.8 Å². The second-order valence-electron chi connectivity index (χ2n) is 18.9. The Hall–Kier alpha value is -2.58. The fourth-order valence-electron chi connectivity index (χ4n) is 7.12. The summed E-state index contributed by atoms with van der Waals surface area (Å²) < 4.78 is 23.6. The summed E-state index contributed by atoms with van der Waals surface area (Å²) in [4.78, 5) is 23.2. The molecule has 1 amide bonds. The molecule has 0 aromatic carbocycles. The number of aliphatic hydroxyl groups is 1. The number of phosphoric ester groups is 1. The second-order valence-corrected chi connectivity index (χ2v) is 20.3. The normalized spacial score (nSPS) is 14.8. The van der Waals surface area contributed by atoms with Crippen molar-refractivity contribution in [2.75, 3.05) is 40.9 Å². The molecule has 9 heteroatoms. The van der Waals surface area contributed by atoms with Gasteiger partial charge >= 0.3 is 7.82 Å². The highest BCUT2D eigenvalue weighted by Crippen LogP contribution is 2.43. The molecule has 0 aliphatic carbocycles. The number of carbonyl (C=O) groups is 1. The number of aliphatic hydroxyl groups excluding tert-OH is 1. The summed E-state index contributed by atoms with van der Waals surface area (Å²) in [6, 6.07) is -0.894. The third-order valence-electron chi connectivity index (χ3n) is 11.3. The molecule has 66 heavy (non-hydrogen) atoms. The molecule has 0 saturated carbocycles. The van der Waals surface area contributed by atoms with Crippen molar-refractivity contribution in [3.05, 3.63) is 97.2 Å². The average Bonchev–Trinajstić information content (AvgIpc) is 3.28. The smallest absolute Gasteiger partial charge is 0.387 e. The van der Waals surface area contributed by atoms with E-state index in [0.717, 1.165) is 70.6 Å². The molecule has 0 aromatic rings. The van der Waals surface area contributed by atoms with Gasteiger partial charge in [0.15, 0.2) is 0 Å². The first-order valence-electron chi connectivity index (χ1n) is 26.6. The lowest BCUT2D eigenvalue weighted by Gasteiger charge is -2.25. The van der Waals surface area contributed by atoms with Crippen LogP contribution in [0.4, 0.5) is 0 Å². The van der Waals surface area contributed by atoms with Gasteiger partial charge in [0.2, 0.25) is 5.91 Å². The van der Waals surface area contributed by atoms with Crippen molar-refractivity contribution in [2.45, 2.75) is 219 Å². The van der Waals surface area contributed by atoms with Crippen LogP contribution in [0, 0.1) is 0 Å². The van der Waals surface area contributed by atoms with Gasteiger partial charge in [0.25, 0.3) is 0 Å². The maximum absolute atomic E-state index is 12.9. The minimum Gasteiger partial charge on any atom is -0.387 e. The fourth-order valence-corrected chi connectivity index (χ4v) is 7.85. The maximum atomic E-state index is 12.9. The highest BCUT2D eigenvalue weighted by molar-refractivity contribution is 7.47. The van der Waals surface area contributed by atoms with E-state index in [1.54, 1.807) is 6.08 Å². The van der Waals surface area contributed by atoms with Crippen molar-refractivity contribution in [3.8, 4) is 0 Å². The number of amides is 1. The van der Waals surface area contributed by atoms with Crippen LogP contribution in [-0.4, -0.2) is 73.4 Å². The first-order valence-corrected chi connectivity index (χ1v) is 28.1. The van der Waals surface area contributed by atoms with Crippen LogP contribution < -0.4 is 5.32 Å². The maximum Gasteiger partial charge on any atom is 0.472 e. The minimum atomic E-state index is -4.37. The van der Waals surface area contributed by atoms with Gasteiger partial charge in [0.1, 0.15) is 13.2 Å². The van der Waals surface area contributed by atoms with Crippen LogP contribution in [0.2, 0.25) is 0 Å². The SMILES string of the molecule is CC/C=C\C/C=C\C/C=C\C/C=C\C/C=C\C/C=C\CCCCC(=O)NC(COP(=O)(O)OCC[N+](C)(C)C)C(O)/C=C/CC/C=C/CCCCCCCCCCCCCCCCCCC. The number of rotatable bonds is 47. The molecule has 0 rings (SSSR count). The second kappa shape index (κ2) is 47.5. The third kappa shape index (κ3) is 49.3. The van der Waals surface area contributed by atoms with E-state index < -0.39 is 20.0 Å². The predicted octanol–water partition coefficient (Wildman–Crippen LogP) is 15.9. The van der Waals surface area contributed by atoms with Gasteiger partial charge in [0, 0.05) is 6.42 Å². The predicted molar refractivity (Wildman–Crippen MR) is 286 cm³/mol. The molecule has 0 saturated heterocycles. The fraction of sp³-hybridized carbons (Fsp3) is 0.702. The molecule has 0 aromatic heterocycles. The van der Waals surface area contributed by atoms with Crippen LogP contribution in [0.3, 0.4) is 0 Å².